The first-order valence-corrected chi connectivity index (χ1v) is 3.95. The SMILES string of the molecule is N#Cc1nnn(C(=O)n2ccnn2)c1C#N. The summed E-state index contributed by atoms with van der Waals surface area (Å²) in [5.41, 5.74) is -0.445. The van der Waals surface area contributed by atoms with E-state index in [1.165, 1.54) is 12.4 Å². The number of carbonyl (C=O) groups excluding carboxylic acids is 1. The minimum atomic E-state index is -0.733. The van der Waals surface area contributed by atoms with E-state index in [0.29, 0.717) is 4.68 Å². The van der Waals surface area contributed by atoms with Crippen molar-refractivity contribution >= 4 is 6.03 Å². The number of carbonyl (C=O) groups is 1. The Kier molecular flexibility index (Phi) is 2.13. The van der Waals surface area contributed by atoms with E-state index >= 15 is 0 Å². The van der Waals surface area contributed by atoms with Crippen molar-refractivity contribution in [1.82, 2.24) is 30.0 Å². The molecule has 9 heteroatoms. The topological polar surface area (TPSA) is 126 Å². The van der Waals surface area contributed by atoms with E-state index in [9.17, 15) is 4.79 Å². The molecule has 0 aromatic carbocycles. The largest absolute Gasteiger partial charge is 0.373 e. The van der Waals surface area contributed by atoms with Crippen LogP contribution in [0.1, 0.15) is 11.4 Å². The van der Waals surface area contributed by atoms with Gasteiger partial charge in [-0.3, -0.25) is 0 Å². The molecule has 0 bridgehead atoms. The summed E-state index contributed by atoms with van der Waals surface area (Å²) in [5, 5.41) is 31.0. The van der Waals surface area contributed by atoms with Crippen LogP contribution in [0.15, 0.2) is 12.4 Å². The minimum absolute atomic E-state index is 0.212. The minimum Gasteiger partial charge on any atom is -0.243 e. The second-order valence-electron chi connectivity index (χ2n) is 2.55. The van der Waals surface area contributed by atoms with Gasteiger partial charge in [0.2, 0.25) is 5.69 Å². The van der Waals surface area contributed by atoms with E-state index in [2.05, 4.69) is 20.6 Å². The summed E-state index contributed by atoms with van der Waals surface area (Å²) >= 11 is 0. The van der Waals surface area contributed by atoms with Gasteiger partial charge in [-0.05, 0) is 0 Å². The van der Waals surface area contributed by atoms with Gasteiger partial charge in [0, 0.05) is 0 Å². The van der Waals surface area contributed by atoms with Crippen LogP contribution in [0.25, 0.3) is 0 Å². The van der Waals surface area contributed by atoms with E-state index in [0.717, 1.165) is 4.68 Å². The lowest BCUT2D eigenvalue weighted by molar-refractivity contribution is 0.237. The summed E-state index contributed by atoms with van der Waals surface area (Å²) in [6.07, 6.45) is 2.59. The Morgan fingerprint density at radius 2 is 2.12 bits per heavy atom. The lowest BCUT2D eigenvalue weighted by Crippen LogP contribution is -2.22. The Bertz CT molecular complexity index is 610. The average molecular weight is 214 g/mol. The molecule has 0 N–H and O–H groups in total. The van der Waals surface area contributed by atoms with E-state index in [4.69, 9.17) is 10.5 Å². The van der Waals surface area contributed by atoms with Gasteiger partial charge in [0.25, 0.3) is 0 Å². The normalized spacial score (nSPS) is 9.38. The van der Waals surface area contributed by atoms with Gasteiger partial charge >= 0.3 is 6.03 Å². The predicted molar refractivity (Wildman–Crippen MR) is 45.7 cm³/mol. The lowest BCUT2D eigenvalue weighted by Gasteiger charge is -1.97. The van der Waals surface area contributed by atoms with Crippen LogP contribution >= 0.6 is 0 Å². The Hall–Kier alpha value is -3.07. The number of nitriles is 2. The van der Waals surface area contributed by atoms with Crippen molar-refractivity contribution in [3.63, 3.8) is 0 Å². The fourth-order valence-electron chi connectivity index (χ4n) is 0.999. The second kappa shape index (κ2) is 3.59. The fourth-order valence-corrected chi connectivity index (χ4v) is 0.999. The number of hydrogen-bond donors (Lipinski definition) is 0. The molecule has 2 rings (SSSR count). The molecule has 2 aromatic heterocycles. The van der Waals surface area contributed by atoms with Crippen LogP contribution in [-0.4, -0.2) is 36.0 Å². The molecule has 2 aromatic rings. The number of nitrogens with zero attached hydrogens (tertiary/aromatic N) is 8. The van der Waals surface area contributed by atoms with Gasteiger partial charge in [0.05, 0.1) is 12.4 Å². The highest BCUT2D eigenvalue weighted by molar-refractivity contribution is 5.78. The van der Waals surface area contributed by atoms with Crippen molar-refractivity contribution < 1.29 is 4.79 Å². The highest BCUT2D eigenvalue weighted by Crippen LogP contribution is 2.02. The zero-order valence-electron chi connectivity index (χ0n) is 7.64. The fraction of sp³-hybridized carbons (Fsp3) is 0. The highest BCUT2D eigenvalue weighted by atomic mass is 16.2. The first-order chi connectivity index (χ1) is 7.77. The second-order valence-corrected chi connectivity index (χ2v) is 2.55. The van der Waals surface area contributed by atoms with Crippen LogP contribution in [0, 0.1) is 22.7 Å². The van der Waals surface area contributed by atoms with Crippen molar-refractivity contribution in [3.05, 3.63) is 23.8 Å². The Labute approximate surface area is 88.1 Å². The molecule has 0 aliphatic carbocycles. The van der Waals surface area contributed by atoms with Gasteiger partial charge in [-0.2, -0.15) is 15.2 Å². The Morgan fingerprint density at radius 1 is 1.31 bits per heavy atom. The molecule has 0 atom stereocenters. The zero-order chi connectivity index (χ0) is 11.5. The van der Waals surface area contributed by atoms with Crippen molar-refractivity contribution in [2.24, 2.45) is 0 Å². The summed E-state index contributed by atoms with van der Waals surface area (Å²) in [7, 11) is 0. The van der Waals surface area contributed by atoms with Gasteiger partial charge in [-0.15, -0.1) is 14.9 Å². The molecule has 0 saturated heterocycles. The average Bonchev–Trinajstić information content (AvgIpc) is 2.96. The van der Waals surface area contributed by atoms with E-state index in [1.807, 2.05) is 0 Å². The molecule has 0 fully saturated rings. The maximum Gasteiger partial charge on any atom is 0.373 e. The molecule has 0 aliphatic rings. The van der Waals surface area contributed by atoms with Gasteiger partial charge in [0.15, 0.2) is 5.69 Å². The maximum absolute atomic E-state index is 11.7. The molecule has 0 radical (unpaired) electrons. The first kappa shape index (κ1) is 9.48. The maximum atomic E-state index is 11.7. The third-order valence-corrected chi connectivity index (χ3v) is 1.68. The number of aromatic nitrogens is 6. The van der Waals surface area contributed by atoms with Gasteiger partial charge in [0.1, 0.15) is 12.1 Å². The molecule has 9 nitrogen and oxygen atoms in total. The predicted octanol–water partition coefficient (Wildman–Crippen LogP) is -0.871. The molecule has 16 heavy (non-hydrogen) atoms. The van der Waals surface area contributed by atoms with Crippen molar-refractivity contribution in [2.75, 3.05) is 0 Å². The summed E-state index contributed by atoms with van der Waals surface area (Å²) in [4.78, 5) is 11.7. The summed E-state index contributed by atoms with van der Waals surface area (Å²) in [5.74, 6) is 0. The highest BCUT2D eigenvalue weighted by Gasteiger charge is 2.19. The molecule has 0 spiro atoms. The lowest BCUT2D eigenvalue weighted by atomic mass is 10.3. The summed E-state index contributed by atoms with van der Waals surface area (Å²) in [6, 6.07) is 2.59. The van der Waals surface area contributed by atoms with Crippen molar-refractivity contribution in [1.29, 1.82) is 10.5 Å². The van der Waals surface area contributed by atoms with Crippen LogP contribution in [0.3, 0.4) is 0 Å². The summed E-state index contributed by atoms with van der Waals surface area (Å²) in [6.45, 7) is 0. The van der Waals surface area contributed by atoms with Gasteiger partial charge < -0.3 is 0 Å². The van der Waals surface area contributed by atoms with Gasteiger partial charge in [-0.25, -0.2) is 4.79 Å². The molecule has 0 amide bonds. The van der Waals surface area contributed by atoms with Crippen LogP contribution < -0.4 is 0 Å². The molecule has 76 valence electrons. The molecular weight excluding hydrogens is 212 g/mol. The van der Waals surface area contributed by atoms with E-state index < -0.39 is 6.03 Å². The first-order valence-electron chi connectivity index (χ1n) is 3.95. The third kappa shape index (κ3) is 1.29. The molecule has 2 heterocycles. The van der Waals surface area contributed by atoms with Gasteiger partial charge in [-0.1, -0.05) is 10.4 Å². The number of rotatable bonds is 0. The molecular formula is C7H2N8O. The molecule has 0 unspecified atom stereocenters. The zero-order valence-corrected chi connectivity index (χ0v) is 7.64. The molecule has 0 saturated carbocycles. The Balaban J connectivity index is 2.51. The van der Waals surface area contributed by atoms with E-state index in [-0.39, 0.29) is 11.4 Å². The summed E-state index contributed by atoms with van der Waals surface area (Å²) < 4.78 is 1.56. The van der Waals surface area contributed by atoms with E-state index in [1.54, 1.807) is 12.1 Å². The van der Waals surface area contributed by atoms with Crippen LogP contribution in [0.4, 0.5) is 4.79 Å². The standard InChI is InChI=1S/C7H2N8O/c8-3-5-6(4-9)15(13-11-5)7(16)14-2-1-10-12-14/h1-2H. The van der Waals surface area contributed by atoms with Crippen LogP contribution in [-0.2, 0) is 0 Å². The van der Waals surface area contributed by atoms with Crippen molar-refractivity contribution in [3.8, 4) is 12.1 Å². The Morgan fingerprint density at radius 3 is 2.69 bits per heavy atom. The quantitative estimate of drug-likeness (QED) is 0.557. The van der Waals surface area contributed by atoms with Crippen LogP contribution in [0.2, 0.25) is 0 Å². The monoisotopic (exact) mass is 214 g/mol. The smallest absolute Gasteiger partial charge is 0.243 e. The molecule has 0 aliphatic heterocycles. The number of hydrogen-bond acceptors (Lipinski definition) is 7. The van der Waals surface area contributed by atoms with Crippen molar-refractivity contribution in [2.45, 2.75) is 0 Å². The third-order valence-electron chi connectivity index (χ3n) is 1.68. The van der Waals surface area contributed by atoms with Crippen LogP contribution in [0.5, 0.6) is 0 Å².